The van der Waals surface area contributed by atoms with Gasteiger partial charge in [-0.3, -0.25) is 4.79 Å². The van der Waals surface area contributed by atoms with Crippen molar-refractivity contribution >= 4 is 29.2 Å². The Kier molecular flexibility index (Phi) is 8.55. The lowest BCUT2D eigenvalue weighted by atomic mass is 10.0. The topological polar surface area (TPSA) is 77.8 Å². The summed E-state index contributed by atoms with van der Waals surface area (Å²) in [4.78, 5) is 12.5. The van der Waals surface area contributed by atoms with E-state index in [1.165, 1.54) is 7.11 Å². The number of nitriles is 1. The van der Waals surface area contributed by atoms with Gasteiger partial charge in [0.25, 0.3) is 0 Å². The van der Waals surface area contributed by atoms with E-state index >= 15 is 0 Å². The molecule has 3 aromatic rings. The van der Waals surface area contributed by atoms with Crippen molar-refractivity contribution in [1.82, 2.24) is 0 Å². The predicted octanol–water partition coefficient (Wildman–Crippen LogP) is 5.97. The Hall–Kier alpha value is -3.95. The zero-order chi connectivity index (χ0) is 24.5. The fraction of sp³-hybridized carbons (Fsp3) is 0.185. The molecule has 0 fully saturated rings. The molecule has 0 aliphatic carbocycles. The molecule has 0 aromatic heterocycles. The van der Waals surface area contributed by atoms with Crippen LogP contribution in [0.5, 0.6) is 23.0 Å². The Morgan fingerprint density at radius 2 is 1.53 bits per heavy atom. The lowest BCUT2D eigenvalue weighted by Crippen LogP contribution is -2.10. The number of hydrogen-bond donors (Lipinski definition) is 0. The van der Waals surface area contributed by atoms with E-state index in [-0.39, 0.29) is 6.42 Å². The maximum Gasteiger partial charge on any atom is 0.311 e. The molecule has 0 radical (unpaired) electrons. The number of carbonyl (C=O) groups is 1. The van der Waals surface area contributed by atoms with E-state index in [1.54, 1.807) is 68.8 Å². The van der Waals surface area contributed by atoms with Gasteiger partial charge in [0.1, 0.15) is 0 Å². The highest BCUT2D eigenvalue weighted by Crippen LogP contribution is 2.31. The van der Waals surface area contributed by atoms with Crippen LogP contribution in [0, 0.1) is 11.3 Å². The molecule has 174 valence electrons. The van der Waals surface area contributed by atoms with Gasteiger partial charge in [-0.15, -0.1) is 0 Å². The average Bonchev–Trinajstić information content (AvgIpc) is 2.87. The van der Waals surface area contributed by atoms with Gasteiger partial charge >= 0.3 is 5.97 Å². The van der Waals surface area contributed by atoms with Gasteiger partial charge in [0.15, 0.2) is 23.0 Å². The second kappa shape index (κ2) is 11.8. The van der Waals surface area contributed by atoms with Crippen LogP contribution in [0.25, 0.3) is 11.6 Å². The Bertz CT molecular complexity index is 1230. The second-order valence-electron chi connectivity index (χ2n) is 7.25. The molecule has 7 heteroatoms. The molecule has 0 N–H and O–H groups in total. The predicted molar refractivity (Wildman–Crippen MR) is 131 cm³/mol. The van der Waals surface area contributed by atoms with Gasteiger partial charge in [0.2, 0.25) is 0 Å². The fourth-order valence-electron chi connectivity index (χ4n) is 3.29. The van der Waals surface area contributed by atoms with E-state index < -0.39 is 5.97 Å². The molecule has 0 spiro atoms. The van der Waals surface area contributed by atoms with E-state index in [1.807, 2.05) is 12.1 Å². The van der Waals surface area contributed by atoms with Crippen LogP contribution in [0.4, 0.5) is 0 Å². The second-order valence-corrected chi connectivity index (χ2v) is 7.69. The number of carbonyl (C=O) groups excluding carboxylic acids is 1. The summed E-state index contributed by atoms with van der Waals surface area (Å²) in [5, 5.41) is 10.2. The Labute approximate surface area is 203 Å². The lowest BCUT2D eigenvalue weighted by molar-refractivity contribution is -0.134. The smallest absolute Gasteiger partial charge is 0.311 e. The molecule has 0 saturated carbocycles. The maximum atomic E-state index is 12.5. The number of methoxy groups -OCH3 is 3. The molecular weight excluding hydrogens is 454 g/mol. The number of ether oxygens (including phenoxy) is 4. The van der Waals surface area contributed by atoms with Gasteiger partial charge in [-0.25, -0.2) is 0 Å². The fourth-order valence-corrected chi connectivity index (χ4v) is 3.42. The molecule has 0 saturated heterocycles. The van der Waals surface area contributed by atoms with Gasteiger partial charge in [0.05, 0.1) is 33.0 Å². The number of nitrogens with zero attached hydrogens (tertiary/aromatic N) is 1. The molecule has 0 amide bonds. The number of rotatable bonds is 9. The van der Waals surface area contributed by atoms with Crippen LogP contribution in [-0.2, 0) is 11.2 Å². The Morgan fingerprint density at radius 1 is 0.882 bits per heavy atom. The minimum absolute atomic E-state index is 0.176. The van der Waals surface area contributed by atoms with Crippen molar-refractivity contribution < 1.29 is 23.7 Å². The third kappa shape index (κ3) is 6.31. The van der Waals surface area contributed by atoms with E-state index in [4.69, 9.17) is 30.5 Å². The van der Waals surface area contributed by atoms with E-state index in [0.717, 1.165) is 16.7 Å². The van der Waals surface area contributed by atoms with Crippen molar-refractivity contribution in [2.24, 2.45) is 0 Å². The van der Waals surface area contributed by atoms with Gasteiger partial charge in [0, 0.05) is 11.4 Å². The lowest BCUT2D eigenvalue weighted by Gasteiger charge is -2.11. The summed E-state index contributed by atoms with van der Waals surface area (Å²) in [6, 6.07) is 19.8. The molecule has 6 nitrogen and oxygen atoms in total. The summed E-state index contributed by atoms with van der Waals surface area (Å²) in [7, 11) is 4.63. The highest BCUT2D eigenvalue weighted by Gasteiger charge is 2.13. The molecule has 3 aromatic carbocycles. The quantitative estimate of drug-likeness (QED) is 0.163. The van der Waals surface area contributed by atoms with Gasteiger partial charge in [-0.05, 0) is 65.6 Å². The summed E-state index contributed by atoms with van der Waals surface area (Å²) in [5.74, 6) is 1.54. The number of allylic oxidation sites excluding steroid dienone is 1. The summed E-state index contributed by atoms with van der Waals surface area (Å²) < 4.78 is 21.5. The minimum atomic E-state index is -0.393. The Morgan fingerprint density at radius 3 is 2.18 bits per heavy atom. The first-order chi connectivity index (χ1) is 16.5. The summed E-state index contributed by atoms with van der Waals surface area (Å²) >= 11 is 5.93. The number of halogens is 1. The first-order valence-corrected chi connectivity index (χ1v) is 10.8. The summed E-state index contributed by atoms with van der Waals surface area (Å²) in [6.45, 7) is 0. The van der Waals surface area contributed by atoms with Gasteiger partial charge in [-0.1, -0.05) is 35.9 Å². The maximum absolute atomic E-state index is 12.5. The first kappa shape index (κ1) is 24.7. The summed E-state index contributed by atoms with van der Waals surface area (Å²) in [5.41, 5.74) is 2.87. The van der Waals surface area contributed by atoms with E-state index in [9.17, 15) is 10.1 Å². The first-order valence-electron chi connectivity index (χ1n) is 10.4. The zero-order valence-corrected chi connectivity index (χ0v) is 19.9. The van der Waals surface area contributed by atoms with Crippen molar-refractivity contribution in [2.75, 3.05) is 21.3 Å². The highest BCUT2D eigenvalue weighted by molar-refractivity contribution is 6.30. The van der Waals surface area contributed by atoms with Crippen LogP contribution in [0.2, 0.25) is 5.02 Å². The van der Waals surface area contributed by atoms with Gasteiger partial charge in [-0.2, -0.15) is 5.26 Å². The standard InChI is InChI=1S/C27H24ClNO5/c1-31-23-11-4-18(15-25(23)32-2)6-13-27(30)34-24-12-5-19(16-26(24)33-3)14-21(17-29)20-7-9-22(28)10-8-20/h4-5,7-12,14-16H,6,13H2,1-3H3/b21-14-. The molecule has 34 heavy (non-hydrogen) atoms. The largest absolute Gasteiger partial charge is 0.493 e. The number of hydrogen-bond acceptors (Lipinski definition) is 6. The third-order valence-corrected chi connectivity index (χ3v) is 5.32. The average molecular weight is 478 g/mol. The zero-order valence-electron chi connectivity index (χ0n) is 19.1. The van der Waals surface area contributed by atoms with Crippen LogP contribution in [0.3, 0.4) is 0 Å². The molecule has 0 aliphatic heterocycles. The molecule has 0 aliphatic rings. The van der Waals surface area contributed by atoms with E-state index in [2.05, 4.69) is 6.07 Å². The van der Waals surface area contributed by atoms with Crippen LogP contribution < -0.4 is 18.9 Å². The molecule has 3 rings (SSSR count). The number of esters is 1. The molecule has 0 bridgehead atoms. The van der Waals surface area contributed by atoms with Gasteiger partial charge < -0.3 is 18.9 Å². The minimum Gasteiger partial charge on any atom is -0.493 e. The SMILES string of the molecule is COc1ccc(CCC(=O)Oc2ccc(/C=C(/C#N)c3ccc(Cl)cc3)cc2OC)cc1OC. The molecule has 0 unspecified atom stereocenters. The van der Waals surface area contributed by atoms with Crippen molar-refractivity contribution in [3.05, 3.63) is 82.4 Å². The summed E-state index contributed by atoms with van der Waals surface area (Å²) in [6.07, 6.45) is 2.39. The normalized spacial score (nSPS) is 10.9. The molecule has 0 heterocycles. The monoisotopic (exact) mass is 477 g/mol. The Balaban J connectivity index is 1.70. The molecular formula is C27H24ClNO5. The van der Waals surface area contributed by atoms with Crippen molar-refractivity contribution in [3.8, 4) is 29.1 Å². The van der Waals surface area contributed by atoms with Crippen molar-refractivity contribution in [3.63, 3.8) is 0 Å². The highest BCUT2D eigenvalue weighted by atomic mass is 35.5. The molecule has 0 atom stereocenters. The van der Waals surface area contributed by atoms with Crippen LogP contribution in [0.15, 0.2) is 60.7 Å². The van der Waals surface area contributed by atoms with E-state index in [0.29, 0.717) is 40.0 Å². The van der Waals surface area contributed by atoms with Crippen LogP contribution in [-0.4, -0.2) is 27.3 Å². The van der Waals surface area contributed by atoms with Crippen molar-refractivity contribution in [2.45, 2.75) is 12.8 Å². The van der Waals surface area contributed by atoms with Crippen LogP contribution in [0.1, 0.15) is 23.1 Å². The third-order valence-electron chi connectivity index (χ3n) is 5.06. The van der Waals surface area contributed by atoms with Crippen LogP contribution >= 0.6 is 11.6 Å². The number of aryl methyl sites for hydroxylation is 1. The number of benzene rings is 3. The van der Waals surface area contributed by atoms with Crippen molar-refractivity contribution in [1.29, 1.82) is 5.26 Å².